The van der Waals surface area contributed by atoms with Crippen LogP contribution in [0.25, 0.3) is 0 Å². The van der Waals surface area contributed by atoms with Crippen molar-refractivity contribution in [2.75, 3.05) is 18.0 Å². The van der Waals surface area contributed by atoms with E-state index in [4.69, 9.17) is 5.73 Å². The van der Waals surface area contributed by atoms with Crippen molar-refractivity contribution < 1.29 is 0 Å². The van der Waals surface area contributed by atoms with Gasteiger partial charge in [-0.3, -0.25) is 0 Å². The molecule has 0 fully saturated rings. The average Bonchev–Trinajstić information content (AvgIpc) is 2.26. The molecule has 3 nitrogen and oxygen atoms in total. The molecule has 1 atom stereocenters. The molecule has 3 heteroatoms. The molecule has 1 rings (SSSR count). The number of nitrogens with two attached hydrogens (primary N) is 1. The van der Waals surface area contributed by atoms with E-state index in [2.05, 4.69) is 23.4 Å². The Morgan fingerprint density at radius 1 is 1.67 bits per heavy atom. The zero-order valence-electron chi connectivity index (χ0n) is 9.48. The first kappa shape index (κ1) is 11.7. The Balaban J connectivity index is 2.92. The predicted molar refractivity (Wildman–Crippen MR) is 64.9 cm³/mol. The van der Waals surface area contributed by atoms with Gasteiger partial charge < -0.3 is 10.6 Å². The first-order chi connectivity index (χ1) is 7.19. The van der Waals surface area contributed by atoms with Crippen LogP contribution in [0.4, 0.5) is 5.82 Å². The van der Waals surface area contributed by atoms with Gasteiger partial charge in [-0.2, -0.15) is 0 Å². The monoisotopic (exact) mass is 205 g/mol. The largest absolute Gasteiger partial charge is 0.353 e. The molecule has 0 saturated heterocycles. The molecule has 1 aromatic heterocycles. The first-order valence-corrected chi connectivity index (χ1v) is 5.26. The Labute approximate surface area is 91.6 Å². The summed E-state index contributed by atoms with van der Waals surface area (Å²) < 4.78 is 0. The van der Waals surface area contributed by atoms with Crippen molar-refractivity contribution in [1.29, 1.82) is 0 Å². The van der Waals surface area contributed by atoms with Gasteiger partial charge in [-0.15, -0.1) is 6.58 Å². The molecule has 0 aliphatic heterocycles. The highest BCUT2D eigenvalue weighted by molar-refractivity contribution is 5.42. The molecule has 1 aromatic rings. The molecule has 0 spiro atoms. The van der Waals surface area contributed by atoms with E-state index in [1.54, 1.807) is 6.20 Å². The topological polar surface area (TPSA) is 42.1 Å². The second-order valence-electron chi connectivity index (χ2n) is 3.56. The van der Waals surface area contributed by atoms with Crippen LogP contribution in [0.1, 0.15) is 25.5 Å². The van der Waals surface area contributed by atoms with Crippen LogP contribution in [0, 0.1) is 0 Å². The summed E-state index contributed by atoms with van der Waals surface area (Å²) in [6.45, 7) is 9.54. The summed E-state index contributed by atoms with van der Waals surface area (Å²) in [7, 11) is 0. The smallest absolute Gasteiger partial charge is 0.129 e. The second-order valence-corrected chi connectivity index (χ2v) is 3.56. The molecule has 0 aliphatic rings. The maximum atomic E-state index is 5.83. The lowest BCUT2D eigenvalue weighted by Gasteiger charge is -2.21. The lowest BCUT2D eigenvalue weighted by molar-refractivity contribution is 0.808. The van der Waals surface area contributed by atoms with Gasteiger partial charge in [0.25, 0.3) is 0 Å². The summed E-state index contributed by atoms with van der Waals surface area (Å²) in [6.07, 6.45) is 3.68. The number of rotatable bonds is 5. The molecule has 0 radical (unpaired) electrons. The predicted octanol–water partition coefficient (Wildman–Crippen LogP) is 2.11. The van der Waals surface area contributed by atoms with E-state index < -0.39 is 0 Å². The van der Waals surface area contributed by atoms with Crippen molar-refractivity contribution in [3.63, 3.8) is 0 Å². The molecule has 0 bridgehead atoms. The number of anilines is 1. The molecule has 2 N–H and O–H groups in total. The Kier molecular flexibility index (Phi) is 4.31. The van der Waals surface area contributed by atoms with Gasteiger partial charge in [0.05, 0.1) is 0 Å². The molecular formula is C12H19N3. The molecule has 1 heterocycles. The number of likely N-dealkylation sites (N-methyl/N-ethyl adjacent to an activating group) is 1. The summed E-state index contributed by atoms with van der Waals surface area (Å²) in [5.74, 6) is 0.965. The van der Waals surface area contributed by atoms with E-state index in [0.717, 1.165) is 24.5 Å². The highest BCUT2D eigenvalue weighted by atomic mass is 15.2. The SMILES string of the molecule is C=CCN(CC)c1cc(C(C)N)ccn1. The van der Waals surface area contributed by atoms with Crippen LogP contribution in [-0.4, -0.2) is 18.1 Å². The minimum Gasteiger partial charge on any atom is -0.353 e. The van der Waals surface area contributed by atoms with Crippen molar-refractivity contribution in [3.8, 4) is 0 Å². The summed E-state index contributed by atoms with van der Waals surface area (Å²) in [4.78, 5) is 6.49. The van der Waals surface area contributed by atoms with E-state index in [1.807, 2.05) is 25.1 Å². The van der Waals surface area contributed by atoms with Crippen LogP contribution in [0.15, 0.2) is 31.0 Å². The highest BCUT2D eigenvalue weighted by Crippen LogP contribution is 2.16. The average molecular weight is 205 g/mol. The van der Waals surface area contributed by atoms with Crippen LogP contribution in [0.3, 0.4) is 0 Å². The maximum absolute atomic E-state index is 5.83. The molecule has 0 amide bonds. The van der Waals surface area contributed by atoms with Crippen LogP contribution in [0.5, 0.6) is 0 Å². The second kappa shape index (κ2) is 5.51. The Hall–Kier alpha value is -1.35. The van der Waals surface area contributed by atoms with Gasteiger partial charge in [-0.25, -0.2) is 4.98 Å². The lowest BCUT2D eigenvalue weighted by atomic mass is 10.1. The standard InChI is InChI=1S/C12H19N3/c1-4-8-15(5-2)12-9-11(10(3)13)6-7-14-12/h4,6-7,9-10H,1,5,8,13H2,2-3H3. The van der Waals surface area contributed by atoms with Crippen molar-refractivity contribution in [2.24, 2.45) is 5.73 Å². The lowest BCUT2D eigenvalue weighted by Crippen LogP contribution is -2.23. The van der Waals surface area contributed by atoms with Crippen LogP contribution in [0.2, 0.25) is 0 Å². The van der Waals surface area contributed by atoms with E-state index in [0.29, 0.717) is 0 Å². The van der Waals surface area contributed by atoms with Crippen LogP contribution in [-0.2, 0) is 0 Å². The summed E-state index contributed by atoms with van der Waals surface area (Å²) in [6, 6.07) is 4.04. The fourth-order valence-electron chi connectivity index (χ4n) is 1.43. The zero-order valence-corrected chi connectivity index (χ0v) is 9.48. The Bertz CT molecular complexity index is 320. The van der Waals surface area contributed by atoms with Gasteiger partial charge in [-0.05, 0) is 31.5 Å². The van der Waals surface area contributed by atoms with Crippen molar-refractivity contribution in [1.82, 2.24) is 4.98 Å². The molecule has 0 aliphatic carbocycles. The Morgan fingerprint density at radius 3 is 2.93 bits per heavy atom. The van der Waals surface area contributed by atoms with Gasteiger partial charge in [0.1, 0.15) is 5.82 Å². The fraction of sp³-hybridized carbons (Fsp3) is 0.417. The third-order valence-electron chi connectivity index (χ3n) is 2.35. The van der Waals surface area contributed by atoms with Gasteiger partial charge in [0.2, 0.25) is 0 Å². The van der Waals surface area contributed by atoms with Gasteiger partial charge in [-0.1, -0.05) is 6.08 Å². The normalized spacial score (nSPS) is 12.2. The minimum atomic E-state index is 0.0502. The van der Waals surface area contributed by atoms with Crippen LogP contribution < -0.4 is 10.6 Å². The summed E-state index contributed by atoms with van der Waals surface area (Å²) in [5.41, 5.74) is 6.95. The van der Waals surface area contributed by atoms with Crippen molar-refractivity contribution in [2.45, 2.75) is 19.9 Å². The third kappa shape index (κ3) is 3.06. The number of hydrogen-bond donors (Lipinski definition) is 1. The zero-order chi connectivity index (χ0) is 11.3. The van der Waals surface area contributed by atoms with Gasteiger partial charge in [0, 0.05) is 25.3 Å². The van der Waals surface area contributed by atoms with E-state index in [-0.39, 0.29) is 6.04 Å². The fourth-order valence-corrected chi connectivity index (χ4v) is 1.43. The van der Waals surface area contributed by atoms with E-state index >= 15 is 0 Å². The van der Waals surface area contributed by atoms with Crippen molar-refractivity contribution >= 4 is 5.82 Å². The first-order valence-electron chi connectivity index (χ1n) is 5.26. The molecule has 1 unspecified atom stereocenters. The summed E-state index contributed by atoms with van der Waals surface area (Å²) >= 11 is 0. The quantitative estimate of drug-likeness (QED) is 0.749. The molecule has 0 aromatic carbocycles. The maximum Gasteiger partial charge on any atom is 0.129 e. The molecular weight excluding hydrogens is 186 g/mol. The molecule has 82 valence electrons. The number of nitrogens with zero attached hydrogens (tertiary/aromatic N) is 2. The minimum absolute atomic E-state index is 0.0502. The molecule has 0 saturated carbocycles. The third-order valence-corrected chi connectivity index (χ3v) is 2.35. The summed E-state index contributed by atoms with van der Waals surface area (Å²) in [5, 5.41) is 0. The van der Waals surface area contributed by atoms with E-state index in [1.165, 1.54) is 0 Å². The number of pyridine rings is 1. The van der Waals surface area contributed by atoms with Gasteiger partial charge >= 0.3 is 0 Å². The van der Waals surface area contributed by atoms with Crippen LogP contribution >= 0.6 is 0 Å². The van der Waals surface area contributed by atoms with Crippen molar-refractivity contribution in [3.05, 3.63) is 36.5 Å². The number of aromatic nitrogens is 1. The van der Waals surface area contributed by atoms with Gasteiger partial charge in [0.15, 0.2) is 0 Å². The van der Waals surface area contributed by atoms with E-state index in [9.17, 15) is 0 Å². The molecule has 15 heavy (non-hydrogen) atoms. The Morgan fingerprint density at radius 2 is 2.40 bits per heavy atom. The number of hydrogen-bond acceptors (Lipinski definition) is 3. The highest BCUT2D eigenvalue weighted by Gasteiger charge is 2.06.